The third-order valence-electron chi connectivity index (χ3n) is 3.16. The molecule has 72 valence electrons. The Kier molecular flexibility index (Phi) is 4.67. The van der Waals surface area contributed by atoms with E-state index >= 15 is 0 Å². The van der Waals surface area contributed by atoms with Crippen LogP contribution in [0.25, 0.3) is 0 Å². The third-order valence-corrected chi connectivity index (χ3v) is 3.16. The number of nitrogens with one attached hydrogen (secondary N) is 1. The highest BCUT2D eigenvalue weighted by Crippen LogP contribution is 2.25. The van der Waals surface area contributed by atoms with Crippen molar-refractivity contribution >= 4 is 0 Å². The summed E-state index contributed by atoms with van der Waals surface area (Å²) < 4.78 is 0. The lowest BCUT2D eigenvalue weighted by atomic mass is 9.98. The molecule has 1 fully saturated rings. The maximum atomic E-state index is 3.57. The molecular weight excluding hydrogens is 146 g/mol. The monoisotopic (exact) mass is 169 g/mol. The Morgan fingerprint density at radius 3 is 2.58 bits per heavy atom. The Morgan fingerprint density at radius 1 is 1.08 bits per heavy atom. The summed E-state index contributed by atoms with van der Waals surface area (Å²) in [5.74, 6) is 1.02. The summed E-state index contributed by atoms with van der Waals surface area (Å²) in [5.41, 5.74) is 0. The summed E-state index contributed by atoms with van der Waals surface area (Å²) in [6, 6.07) is 0.826. The first-order valence-corrected chi connectivity index (χ1v) is 5.60. The fourth-order valence-corrected chi connectivity index (χ4v) is 2.28. The van der Waals surface area contributed by atoms with Gasteiger partial charge in [0.1, 0.15) is 0 Å². The van der Waals surface area contributed by atoms with Crippen LogP contribution in [0.1, 0.15) is 52.4 Å². The van der Waals surface area contributed by atoms with Crippen LogP contribution in [0.2, 0.25) is 0 Å². The normalized spacial score (nSPS) is 31.5. The molecule has 0 aromatic rings. The molecule has 0 saturated heterocycles. The minimum Gasteiger partial charge on any atom is -0.314 e. The van der Waals surface area contributed by atoms with E-state index < -0.39 is 0 Å². The van der Waals surface area contributed by atoms with Crippen LogP contribution in [0.15, 0.2) is 0 Å². The van der Waals surface area contributed by atoms with Crippen molar-refractivity contribution in [3.8, 4) is 0 Å². The number of hydrogen-bond donors (Lipinski definition) is 1. The molecule has 0 radical (unpaired) electrons. The second-order valence-electron chi connectivity index (χ2n) is 4.04. The molecule has 0 spiro atoms. The fraction of sp³-hybridized carbons (Fsp3) is 1.00. The zero-order valence-corrected chi connectivity index (χ0v) is 8.60. The van der Waals surface area contributed by atoms with Gasteiger partial charge in [-0.1, -0.05) is 33.1 Å². The molecule has 0 amide bonds. The van der Waals surface area contributed by atoms with Crippen LogP contribution < -0.4 is 5.32 Å². The van der Waals surface area contributed by atoms with Crippen LogP contribution in [-0.2, 0) is 0 Å². The zero-order chi connectivity index (χ0) is 8.81. The largest absolute Gasteiger partial charge is 0.314 e. The van der Waals surface area contributed by atoms with Crippen LogP contribution in [0, 0.1) is 5.92 Å². The van der Waals surface area contributed by atoms with E-state index in [1.807, 2.05) is 0 Å². The molecular formula is C11H23N. The first-order chi connectivity index (χ1) is 5.86. The predicted molar refractivity (Wildman–Crippen MR) is 54.3 cm³/mol. The summed E-state index contributed by atoms with van der Waals surface area (Å²) in [5, 5.41) is 3.57. The van der Waals surface area contributed by atoms with Crippen molar-refractivity contribution in [3.63, 3.8) is 0 Å². The van der Waals surface area contributed by atoms with Crippen LogP contribution in [0.5, 0.6) is 0 Å². The molecule has 2 unspecified atom stereocenters. The van der Waals surface area contributed by atoms with Crippen LogP contribution in [0.4, 0.5) is 0 Å². The Labute approximate surface area is 76.9 Å². The Hall–Kier alpha value is -0.0400. The molecule has 1 nitrogen and oxygen atoms in total. The zero-order valence-electron chi connectivity index (χ0n) is 8.60. The molecule has 2 atom stereocenters. The van der Waals surface area contributed by atoms with Gasteiger partial charge in [0.2, 0.25) is 0 Å². The van der Waals surface area contributed by atoms with Crippen molar-refractivity contribution in [3.05, 3.63) is 0 Å². The van der Waals surface area contributed by atoms with Gasteiger partial charge in [0, 0.05) is 6.04 Å². The maximum Gasteiger partial charge on any atom is 0.00670 e. The number of hydrogen-bond acceptors (Lipinski definition) is 1. The molecule has 1 N–H and O–H groups in total. The SMILES string of the molecule is CCNC1CCCC(CC)CC1. The lowest BCUT2D eigenvalue weighted by molar-refractivity contribution is 0.429. The molecule has 0 heterocycles. The molecule has 1 rings (SSSR count). The topological polar surface area (TPSA) is 12.0 Å². The summed E-state index contributed by atoms with van der Waals surface area (Å²) in [6.07, 6.45) is 8.57. The fourth-order valence-electron chi connectivity index (χ4n) is 2.28. The quantitative estimate of drug-likeness (QED) is 0.640. The summed E-state index contributed by atoms with van der Waals surface area (Å²) >= 11 is 0. The van der Waals surface area contributed by atoms with Crippen molar-refractivity contribution in [1.29, 1.82) is 0 Å². The molecule has 1 heteroatoms. The first kappa shape index (κ1) is 10.0. The second-order valence-corrected chi connectivity index (χ2v) is 4.04. The van der Waals surface area contributed by atoms with E-state index in [-0.39, 0.29) is 0 Å². The molecule has 1 aliphatic carbocycles. The Balaban J connectivity index is 2.24. The second kappa shape index (κ2) is 5.58. The summed E-state index contributed by atoms with van der Waals surface area (Å²) in [7, 11) is 0. The van der Waals surface area contributed by atoms with E-state index in [9.17, 15) is 0 Å². The van der Waals surface area contributed by atoms with E-state index in [0.29, 0.717) is 0 Å². The molecule has 0 bridgehead atoms. The molecule has 12 heavy (non-hydrogen) atoms. The van der Waals surface area contributed by atoms with Gasteiger partial charge >= 0.3 is 0 Å². The van der Waals surface area contributed by atoms with Gasteiger partial charge in [-0.15, -0.1) is 0 Å². The van der Waals surface area contributed by atoms with E-state index in [1.54, 1.807) is 0 Å². The van der Waals surface area contributed by atoms with Gasteiger partial charge in [-0.2, -0.15) is 0 Å². The minimum atomic E-state index is 0.826. The van der Waals surface area contributed by atoms with Crippen LogP contribution in [-0.4, -0.2) is 12.6 Å². The predicted octanol–water partition coefficient (Wildman–Crippen LogP) is 2.95. The van der Waals surface area contributed by atoms with Gasteiger partial charge in [0.05, 0.1) is 0 Å². The maximum absolute atomic E-state index is 3.57. The summed E-state index contributed by atoms with van der Waals surface area (Å²) in [6.45, 7) is 5.68. The Morgan fingerprint density at radius 2 is 1.92 bits per heavy atom. The highest BCUT2D eigenvalue weighted by Gasteiger charge is 2.16. The van der Waals surface area contributed by atoms with Crippen molar-refractivity contribution in [1.82, 2.24) is 5.32 Å². The van der Waals surface area contributed by atoms with Crippen LogP contribution in [0.3, 0.4) is 0 Å². The van der Waals surface area contributed by atoms with Crippen molar-refractivity contribution < 1.29 is 0 Å². The average molecular weight is 169 g/mol. The lowest BCUT2D eigenvalue weighted by Gasteiger charge is -2.14. The van der Waals surface area contributed by atoms with Gasteiger partial charge in [-0.3, -0.25) is 0 Å². The van der Waals surface area contributed by atoms with Gasteiger partial charge < -0.3 is 5.32 Å². The van der Waals surface area contributed by atoms with E-state index in [0.717, 1.165) is 18.5 Å². The van der Waals surface area contributed by atoms with E-state index in [1.165, 1.54) is 38.5 Å². The third kappa shape index (κ3) is 3.14. The highest BCUT2D eigenvalue weighted by atomic mass is 14.9. The van der Waals surface area contributed by atoms with E-state index in [4.69, 9.17) is 0 Å². The van der Waals surface area contributed by atoms with Crippen LogP contribution >= 0.6 is 0 Å². The average Bonchev–Trinajstić information content (AvgIpc) is 2.31. The van der Waals surface area contributed by atoms with Gasteiger partial charge in [0.15, 0.2) is 0 Å². The first-order valence-electron chi connectivity index (χ1n) is 5.60. The summed E-state index contributed by atoms with van der Waals surface area (Å²) in [4.78, 5) is 0. The highest BCUT2D eigenvalue weighted by molar-refractivity contribution is 4.73. The standard InChI is InChI=1S/C11H23N/c1-3-10-6-5-7-11(9-8-10)12-4-2/h10-12H,3-9H2,1-2H3. The minimum absolute atomic E-state index is 0.826. The van der Waals surface area contributed by atoms with Crippen molar-refractivity contribution in [2.45, 2.75) is 58.4 Å². The molecule has 0 aromatic heterocycles. The number of rotatable bonds is 3. The molecule has 0 aromatic carbocycles. The van der Waals surface area contributed by atoms with Gasteiger partial charge in [0.25, 0.3) is 0 Å². The Bertz CT molecular complexity index is 112. The van der Waals surface area contributed by atoms with Crippen molar-refractivity contribution in [2.24, 2.45) is 5.92 Å². The van der Waals surface area contributed by atoms with Crippen molar-refractivity contribution in [2.75, 3.05) is 6.54 Å². The van der Waals surface area contributed by atoms with Gasteiger partial charge in [-0.25, -0.2) is 0 Å². The molecule has 1 saturated carbocycles. The smallest absolute Gasteiger partial charge is 0.00670 e. The van der Waals surface area contributed by atoms with Gasteiger partial charge in [-0.05, 0) is 31.7 Å². The molecule has 1 aliphatic rings. The van der Waals surface area contributed by atoms with E-state index in [2.05, 4.69) is 19.2 Å². The lowest BCUT2D eigenvalue weighted by Crippen LogP contribution is -2.27. The molecule has 0 aliphatic heterocycles.